The topological polar surface area (TPSA) is 60.7 Å². The van der Waals surface area contributed by atoms with Crippen LogP contribution in [0.5, 0.6) is 11.5 Å². The molecule has 1 N–H and O–H groups in total. The van der Waals surface area contributed by atoms with E-state index in [4.69, 9.17) is 25.5 Å². The Hall–Kier alpha value is -2.92. The van der Waals surface area contributed by atoms with Crippen molar-refractivity contribution in [3.63, 3.8) is 0 Å². The highest BCUT2D eigenvalue weighted by Crippen LogP contribution is 2.33. The molecule has 2 aromatic carbocycles. The average Bonchev–Trinajstić information content (AvgIpc) is 3.00. The van der Waals surface area contributed by atoms with Crippen LogP contribution < -0.4 is 14.8 Å². The minimum Gasteiger partial charge on any atom is -0.496 e. The van der Waals surface area contributed by atoms with Crippen molar-refractivity contribution in [1.82, 2.24) is 0 Å². The van der Waals surface area contributed by atoms with Gasteiger partial charge in [0.2, 0.25) is 5.91 Å². The Bertz CT molecular complexity index is 1040. The third-order valence-electron chi connectivity index (χ3n) is 4.28. The molecule has 6 heteroatoms. The minimum absolute atomic E-state index is 0.292. The van der Waals surface area contributed by atoms with Gasteiger partial charge in [0.1, 0.15) is 17.1 Å². The zero-order chi connectivity index (χ0) is 19.6. The van der Waals surface area contributed by atoms with Gasteiger partial charge in [-0.25, -0.2) is 0 Å². The first kappa shape index (κ1) is 18.9. The molecule has 0 aliphatic heterocycles. The summed E-state index contributed by atoms with van der Waals surface area (Å²) in [6.45, 7) is 3.83. The first-order valence-electron chi connectivity index (χ1n) is 8.32. The SMILES string of the molecule is COc1ccc(Cl)cc1NC(=O)/C=C(\C)c1cc2c(C)coc2cc1OC. The van der Waals surface area contributed by atoms with Crippen molar-refractivity contribution in [3.05, 3.63) is 58.8 Å². The fraction of sp³-hybridized carbons (Fsp3) is 0.190. The number of halogens is 1. The van der Waals surface area contributed by atoms with Crippen LogP contribution in [0.15, 0.2) is 47.1 Å². The lowest BCUT2D eigenvalue weighted by atomic mass is 10.0. The molecule has 27 heavy (non-hydrogen) atoms. The van der Waals surface area contributed by atoms with E-state index < -0.39 is 0 Å². The van der Waals surface area contributed by atoms with Gasteiger partial charge in [-0.3, -0.25) is 4.79 Å². The number of methoxy groups -OCH3 is 2. The molecule has 5 nitrogen and oxygen atoms in total. The number of furan rings is 1. The molecular weight excluding hydrogens is 366 g/mol. The van der Waals surface area contributed by atoms with Crippen molar-refractivity contribution in [3.8, 4) is 11.5 Å². The van der Waals surface area contributed by atoms with Crippen LogP contribution in [0.25, 0.3) is 16.5 Å². The third kappa shape index (κ3) is 3.93. The summed E-state index contributed by atoms with van der Waals surface area (Å²) in [6, 6.07) is 8.83. The van der Waals surface area contributed by atoms with Crippen LogP contribution in [0.3, 0.4) is 0 Å². The largest absolute Gasteiger partial charge is 0.496 e. The summed E-state index contributed by atoms with van der Waals surface area (Å²) in [7, 11) is 3.12. The Kier molecular flexibility index (Phi) is 5.42. The van der Waals surface area contributed by atoms with E-state index in [0.29, 0.717) is 22.2 Å². The van der Waals surface area contributed by atoms with E-state index in [1.54, 1.807) is 31.6 Å². The highest BCUT2D eigenvalue weighted by Gasteiger charge is 2.13. The number of ether oxygens (including phenoxy) is 2. The number of nitrogens with one attached hydrogen (secondary N) is 1. The lowest BCUT2D eigenvalue weighted by Gasteiger charge is -2.11. The van der Waals surface area contributed by atoms with Crippen LogP contribution in [0, 0.1) is 6.92 Å². The number of carbonyl (C=O) groups is 1. The monoisotopic (exact) mass is 385 g/mol. The molecule has 1 heterocycles. The van der Waals surface area contributed by atoms with Crippen LogP contribution in [-0.4, -0.2) is 20.1 Å². The van der Waals surface area contributed by atoms with Crippen LogP contribution in [0.2, 0.25) is 5.02 Å². The van der Waals surface area contributed by atoms with Gasteiger partial charge in [0.15, 0.2) is 0 Å². The number of carbonyl (C=O) groups excluding carboxylic acids is 1. The summed E-state index contributed by atoms with van der Waals surface area (Å²) in [5, 5.41) is 4.29. The van der Waals surface area contributed by atoms with E-state index in [0.717, 1.165) is 27.7 Å². The van der Waals surface area contributed by atoms with Gasteiger partial charge in [0.05, 0.1) is 26.2 Å². The molecule has 0 spiro atoms. The summed E-state index contributed by atoms with van der Waals surface area (Å²) < 4.78 is 16.2. The molecule has 0 radical (unpaired) electrons. The predicted octanol–water partition coefficient (Wildman–Crippen LogP) is 5.45. The number of fused-ring (bicyclic) bond motifs is 1. The number of aryl methyl sites for hydroxylation is 1. The molecule has 1 amide bonds. The molecule has 0 aliphatic rings. The van der Waals surface area contributed by atoms with Crippen LogP contribution >= 0.6 is 11.6 Å². The Morgan fingerprint density at radius 2 is 1.89 bits per heavy atom. The van der Waals surface area contributed by atoms with Gasteiger partial charge in [0.25, 0.3) is 0 Å². The van der Waals surface area contributed by atoms with E-state index in [-0.39, 0.29) is 5.91 Å². The van der Waals surface area contributed by atoms with Gasteiger partial charge in [-0.2, -0.15) is 0 Å². The van der Waals surface area contributed by atoms with Crippen molar-refractivity contribution in [1.29, 1.82) is 0 Å². The number of amides is 1. The van der Waals surface area contributed by atoms with Gasteiger partial charge in [-0.15, -0.1) is 0 Å². The van der Waals surface area contributed by atoms with E-state index >= 15 is 0 Å². The summed E-state index contributed by atoms with van der Waals surface area (Å²) in [5.74, 6) is 0.879. The molecule has 1 aromatic heterocycles. The number of benzene rings is 2. The van der Waals surface area contributed by atoms with Gasteiger partial charge < -0.3 is 19.2 Å². The Balaban J connectivity index is 1.93. The van der Waals surface area contributed by atoms with Crippen LogP contribution in [-0.2, 0) is 4.79 Å². The minimum atomic E-state index is -0.292. The fourth-order valence-corrected chi connectivity index (χ4v) is 3.05. The van der Waals surface area contributed by atoms with Crippen molar-refractivity contribution < 1.29 is 18.7 Å². The quantitative estimate of drug-likeness (QED) is 0.593. The smallest absolute Gasteiger partial charge is 0.248 e. The third-order valence-corrected chi connectivity index (χ3v) is 4.52. The molecule has 0 fully saturated rings. The lowest BCUT2D eigenvalue weighted by Crippen LogP contribution is -2.09. The number of allylic oxidation sites excluding steroid dienone is 1. The fourth-order valence-electron chi connectivity index (χ4n) is 2.88. The average molecular weight is 386 g/mol. The predicted molar refractivity (Wildman–Crippen MR) is 108 cm³/mol. The molecule has 140 valence electrons. The van der Waals surface area contributed by atoms with Crippen LogP contribution in [0.1, 0.15) is 18.1 Å². The second-order valence-corrected chi connectivity index (χ2v) is 6.57. The summed E-state index contributed by atoms with van der Waals surface area (Å²) in [4.78, 5) is 12.5. The lowest BCUT2D eigenvalue weighted by molar-refractivity contribution is -0.111. The normalized spacial score (nSPS) is 11.5. The number of hydrogen-bond donors (Lipinski definition) is 1. The van der Waals surface area contributed by atoms with Crippen molar-refractivity contribution in [2.75, 3.05) is 19.5 Å². The standard InChI is InChI=1S/C21H20ClNO4/c1-12(7-21(24)23-17-8-14(22)5-6-18(17)25-3)15-9-16-13(2)11-27-20(16)10-19(15)26-4/h5-11H,1-4H3,(H,23,24)/b12-7+. The zero-order valence-corrected chi connectivity index (χ0v) is 16.3. The maximum absolute atomic E-state index is 12.5. The second kappa shape index (κ2) is 7.76. The molecule has 0 unspecified atom stereocenters. The maximum atomic E-state index is 12.5. The summed E-state index contributed by atoms with van der Waals surface area (Å²) >= 11 is 6.01. The number of hydrogen-bond acceptors (Lipinski definition) is 4. The molecule has 3 rings (SSSR count). The molecule has 0 saturated heterocycles. The highest BCUT2D eigenvalue weighted by molar-refractivity contribution is 6.31. The second-order valence-electron chi connectivity index (χ2n) is 6.13. The van der Waals surface area contributed by atoms with E-state index in [2.05, 4.69) is 5.32 Å². The van der Waals surface area contributed by atoms with E-state index in [1.807, 2.05) is 26.0 Å². The molecule has 0 saturated carbocycles. The Morgan fingerprint density at radius 3 is 2.59 bits per heavy atom. The Labute approximate surface area is 162 Å². The molecule has 0 bridgehead atoms. The van der Waals surface area contributed by atoms with Crippen LogP contribution in [0.4, 0.5) is 5.69 Å². The number of rotatable bonds is 5. The number of anilines is 1. The van der Waals surface area contributed by atoms with Gasteiger partial charge in [0, 0.05) is 28.1 Å². The molecular formula is C21H20ClNO4. The van der Waals surface area contributed by atoms with Gasteiger partial charge in [-0.05, 0) is 49.2 Å². The summed E-state index contributed by atoms with van der Waals surface area (Å²) in [5.41, 5.74) is 3.85. The van der Waals surface area contributed by atoms with E-state index in [1.165, 1.54) is 13.2 Å². The first-order valence-corrected chi connectivity index (χ1v) is 8.69. The van der Waals surface area contributed by atoms with Gasteiger partial charge in [-0.1, -0.05) is 11.6 Å². The molecule has 0 aliphatic carbocycles. The zero-order valence-electron chi connectivity index (χ0n) is 15.6. The van der Waals surface area contributed by atoms with Crippen molar-refractivity contribution >= 4 is 39.7 Å². The highest BCUT2D eigenvalue weighted by atomic mass is 35.5. The van der Waals surface area contributed by atoms with Crippen molar-refractivity contribution in [2.45, 2.75) is 13.8 Å². The Morgan fingerprint density at radius 1 is 1.15 bits per heavy atom. The van der Waals surface area contributed by atoms with Gasteiger partial charge >= 0.3 is 0 Å². The molecule has 0 atom stereocenters. The van der Waals surface area contributed by atoms with E-state index in [9.17, 15) is 4.79 Å². The maximum Gasteiger partial charge on any atom is 0.248 e. The molecule has 3 aromatic rings. The van der Waals surface area contributed by atoms with Crippen molar-refractivity contribution in [2.24, 2.45) is 0 Å². The summed E-state index contributed by atoms with van der Waals surface area (Å²) in [6.07, 6.45) is 3.21. The first-order chi connectivity index (χ1) is 12.9.